The molecule has 2 aromatic carbocycles. The summed E-state index contributed by atoms with van der Waals surface area (Å²) in [6.45, 7) is 1.70. The lowest BCUT2D eigenvalue weighted by molar-refractivity contribution is 0.0687. The first-order valence-corrected chi connectivity index (χ1v) is 12.2. The standard InChI is InChI=1S/C27H30N2O2S/c1-31-25-10-6-21(7-11-25)4-5-22-14-17-29(18-15-22)27(30)24-8-12-26(13-9-24)32-20-23-3-2-16-28-19-23/h2-3,6-13,16,19,22H,4-5,14-15,17-18,20H2,1H3. The van der Waals surface area contributed by atoms with Crippen LogP contribution in [0.1, 0.15) is 40.7 Å². The molecule has 0 atom stereocenters. The Morgan fingerprint density at radius 3 is 2.44 bits per heavy atom. The van der Waals surface area contributed by atoms with Crippen LogP contribution in [0, 0.1) is 5.92 Å². The SMILES string of the molecule is COc1ccc(CCC2CCN(C(=O)c3ccc(SCc4cccnc4)cc3)CC2)cc1. The summed E-state index contributed by atoms with van der Waals surface area (Å²) in [6.07, 6.45) is 8.11. The second-order valence-corrected chi connectivity index (χ2v) is 9.35. The van der Waals surface area contributed by atoms with Crippen LogP contribution in [0.5, 0.6) is 5.75 Å². The summed E-state index contributed by atoms with van der Waals surface area (Å²) in [7, 11) is 1.70. The van der Waals surface area contributed by atoms with Gasteiger partial charge < -0.3 is 9.64 Å². The van der Waals surface area contributed by atoms with Gasteiger partial charge in [-0.25, -0.2) is 0 Å². The predicted octanol–water partition coefficient (Wildman–Crippen LogP) is 5.87. The quantitative estimate of drug-likeness (QED) is 0.406. The smallest absolute Gasteiger partial charge is 0.253 e. The summed E-state index contributed by atoms with van der Waals surface area (Å²) < 4.78 is 5.23. The number of benzene rings is 2. The van der Waals surface area contributed by atoms with E-state index in [9.17, 15) is 4.79 Å². The Hall–Kier alpha value is -2.79. The molecule has 0 saturated carbocycles. The maximum absolute atomic E-state index is 12.9. The molecule has 0 unspecified atom stereocenters. The number of pyridine rings is 1. The highest BCUT2D eigenvalue weighted by molar-refractivity contribution is 7.98. The number of aromatic nitrogens is 1. The van der Waals surface area contributed by atoms with E-state index in [-0.39, 0.29) is 5.91 Å². The number of likely N-dealkylation sites (tertiary alicyclic amines) is 1. The van der Waals surface area contributed by atoms with Gasteiger partial charge in [0.25, 0.3) is 5.91 Å². The molecule has 5 heteroatoms. The third kappa shape index (κ3) is 6.13. The molecule has 1 saturated heterocycles. The van der Waals surface area contributed by atoms with Crippen LogP contribution >= 0.6 is 11.8 Å². The van der Waals surface area contributed by atoms with Crippen LogP contribution in [0.15, 0.2) is 78.0 Å². The van der Waals surface area contributed by atoms with E-state index in [0.29, 0.717) is 5.92 Å². The molecule has 32 heavy (non-hydrogen) atoms. The molecule has 0 radical (unpaired) electrons. The molecule has 4 nitrogen and oxygen atoms in total. The lowest BCUT2D eigenvalue weighted by Crippen LogP contribution is -2.38. The van der Waals surface area contributed by atoms with Crippen molar-refractivity contribution in [3.8, 4) is 5.75 Å². The van der Waals surface area contributed by atoms with Gasteiger partial charge >= 0.3 is 0 Å². The minimum atomic E-state index is 0.155. The number of carbonyl (C=O) groups excluding carboxylic acids is 1. The van der Waals surface area contributed by atoms with E-state index in [1.54, 1.807) is 25.1 Å². The predicted molar refractivity (Wildman–Crippen MR) is 130 cm³/mol. The topological polar surface area (TPSA) is 42.4 Å². The average molecular weight is 447 g/mol. The van der Waals surface area contributed by atoms with Crippen molar-refractivity contribution in [2.45, 2.75) is 36.3 Å². The van der Waals surface area contributed by atoms with Gasteiger partial charge in [0.05, 0.1) is 7.11 Å². The number of carbonyl (C=O) groups is 1. The summed E-state index contributed by atoms with van der Waals surface area (Å²) >= 11 is 1.76. The number of rotatable bonds is 8. The van der Waals surface area contributed by atoms with E-state index in [1.165, 1.54) is 22.4 Å². The molecule has 0 aliphatic carbocycles. The van der Waals surface area contributed by atoms with Crippen LogP contribution in [-0.2, 0) is 12.2 Å². The lowest BCUT2D eigenvalue weighted by Gasteiger charge is -2.32. The largest absolute Gasteiger partial charge is 0.497 e. The van der Waals surface area contributed by atoms with Gasteiger partial charge in [0.15, 0.2) is 0 Å². The second-order valence-electron chi connectivity index (χ2n) is 8.30. The molecule has 3 aromatic rings. The zero-order valence-electron chi connectivity index (χ0n) is 18.6. The van der Waals surface area contributed by atoms with E-state index in [0.717, 1.165) is 49.4 Å². The Bertz CT molecular complexity index is 982. The van der Waals surface area contributed by atoms with Gasteiger partial charge in [-0.1, -0.05) is 18.2 Å². The maximum atomic E-state index is 12.9. The minimum absolute atomic E-state index is 0.155. The van der Waals surface area contributed by atoms with Crippen LogP contribution in [0.25, 0.3) is 0 Å². The normalized spacial score (nSPS) is 14.3. The van der Waals surface area contributed by atoms with Crippen LogP contribution < -0.4 is 4.74 Å². The number of nitrogens with zero attached hydrogens (tertiary/aromatic N) is 2. The summed E-state index contributed by atoms with van der Waals surface area (Å²) in [5, 5.41) is 0. The molecule has 0 bridgehead atoms. The van der Waals surface area contributed by atoms with Crippen molar-refractivity contribution in [2.24, 2.45) is 5.92 Å². The third-order valence-electron chi connectivity index (χ3n) is 6.13. The Kier molecular flexibility index (Phi) is 7.83. The maximum Gasteiger partial charge on any atom is 0.253 e. The number of hydrogen-bond donors (Lipinski definition) is 0. The van der Waals surface area contributed by atoms with E-state index in [1.807, 2.05) is 41.4 Å². The molecule has 166 valence electrons. The highest BCUT2D eigenvalue weighted by Gasteiger charge is 2.23. The molecular formula is C27H30N2O2S. The molecule has 1 aliphatic heterocycles. The van der Waals surface area contributed by atoms with Gasteiger partial charge in [-0.2, -0.15) is 0 Å². The van der Waals surface area contributed by atoms with Crippen molar-refractivity contribution >= 4 is 17.7 Å². The second kappa shape index (κ2) is 11.2. The summed E-state index contributed by atoms with van der Waals surface area (Å²) in [5.74, 6) is 2.63. The van der Waals surface area contributed by atoms with Gasteiger partial charge in [-0.05, 0) is 85.2 Å². The van der Waals surface area contributed by atoms with Gasteiger partial charge in [0.2, 0.25) is 0 Å². The molecule has 1 fully saturated rings. The number of amides is 1. The van der Waals surface area contributed by atoms with Gasteiger partial charge in [0, 0.05) is 41.7 Å². The summed E-state index contributed by atoms with van der Waals surface area (Å²) in [5.41, 5.74) is 3.34. The first kappa shape index (κ1) is 22.4. The van der Waals surface area contributed by atoms with E-state index in [2.05, 4.69) is 35.3 Å². The van der Waals surface area contributed by atoms with Crippen LogP contribution in [0.3, 0.4) is 0 Å². The van der Waals surface area contributed by atoms with E-state index in [4.69, 9.17) is 4.74 Å². The average Bonchev–Trinajstić information content (AvgIpc) is 2.87. The number of ether oxygens (including phenoxy) is 1. The Labute approximate surface area is 195 Å². The van der Waals surface area contributed by atoms with E-state index < -0.39 is 0 Å². The van der Waals surface area contributed by atoms with Crippen molar-refractivity contribution in [1.29, 1.82) is 0 Å². The van der Waals surface area contributed by atoms with Crippen LogP contribution in [0.2, 0.25) is 0 Å². The fourth-order valence-corrected chi connectivity index (χ4v) is 4.95. The molecule has 4 rings (SSSR count). The third-order valence-corrected chi connectivity index (χ3v) is 7.21. The minimum Gasteiger partial charge on any atom is -0.497 e. The Morgan fingerprint density at radius 1 is 1.03 bits per heavy atom. The highest BCUT2D eigenvalue weighted by Crippen LogP contribution is 2.26. The van der Waals surface area contributed by atoms with Gasteiger partial charge in [0.1, 0.15) is 5.75 Å². The van der Waals surface area contributed by atoms with Crippen molar-refractivity contribution in [3.05, 3.63) is 89.7 Å². The highest BCUT2D eigenvalue weighted by atomic mass is 32.2. The van der Waals surface area contributed by atoms with Crippen molar-refractivity contribution in [1.82, 2.24) is 9.88 Å². The zero-order chi connectivity index (χ0) is 22.2. The fourth-order valence-electron chi connectivity index (χ4n) is 4.11. The van der Waals surface area contributed by atoms with Crippen molar-refractivity contribution in [3.63, 3.8) is 0 Å². The van der Waals surface area contributed by atoms with Crippen molar-refractivity contribution in [2.75, 3.05) is 20.2 Å². The van der Waals surface area contributed by atoms with Crippen LogP contribution in [0.4, 0.5) is 0 Å². The lowest BCUT2D eigenvalue weighted by atomic mass is 9.90. The summed E-state index contributed by atoms with van der Waals surface area (Å²) in [4.78, 5) is 20.3. The molecule has 1 aliphatic rings. The molecular weight excluding hydrogens is 416 g/mol. The summed E-state index contributed by atoms with van der Waals surface area (Å²) in [6, 6.07) is 20.4. The first-order chi connectivity index (χ1) is 15.7. The number of hydrogen-bond acceptors (Lipinski definition) is 4. The number of aryl methyl sites for hydroxylation is 1. The number of methoxy groups -OCH3 is 1. The Morgan fingerprint density at radius 2 is 1.78 bits per heavy atom. The van der Waals surface area contributed by atoms with Gasteiger partial charge in [-0.3, -0.25) is 9.78 Å². The first-order valence-electron chi connectivity index (χ1n) is 11.3. The van der Waals surface area contributed by atoms with E-state index >= 15 is 0 Å². The molecule has 1 aromatic heterocycles. The molecule has 0 spiro atoms. The zero-order valence-corrected chi connectivity index (χ0v) is 19.4. The number of piperidine rings is 1. The van der Waals surface area contributed by atoms with Gasteiger partial charge in [-0.15, -0.1) is 11.8 Å². The molecule has 2 heterocycles. The monoisotopic (exact) mass is 446 g/mol. The Balaban J connectivity index is 1.22. The molecule has 0 N–H and O–H groups in total. The van der Waals surface area contributed by atoms with Crippen molar-refractivity contribution < 1.29 is 9.53 Å². The number of thioether (sulfide) groups is 1. The van der Waals surface area contributed by atoms with Crippen LogP contribution in [-0.4, -0.2) is 36.0 Å². The fraction of sp³-hybridized carbons (Fsp3) is 0.333. The molecule has 1 amide bonds.